The molecule has 1 unspecified atom stereocenters. The van der Waals surface area contributed by atoms with Gasteiger partial charge in [0, 0.05) is 41.6 Å². The molecule has 2 rings (SSSR count). The van der Waals surface area contributed by atoms with Crippen LogP contribution in [-0.2, 0) is 0 Å². The molecule has 3 nitrogen and oxygen atoms in total. The molecule has 110 valence electrons. The molecule has 5 heteroatoms. The summed E-state index contributed by atoms with van der Waals surface area (Å²) in [6.07, 6.45) is 1.15. The predicted molar refractivity (Wildman–Crippen MR) is 88.6 cm³/mol. The fourth-order valence-electron chi connectivity index (χ4n) is 2.47. The summed E-state index contributed by atoms with van der Waals surface area (Å²) in [6, 6.07) is 6.19. The molecule has 1 aromatic carbocycles. The lowest BCUT2D eigenvalue weighted by Gasteiger charge is -2.38. The normalized spacial score (nSPS) is 18.1. The zero-order valence-electron chi connectivity index (χ0n) is 12.0. The first-order valence-corrected chi connectivity index (χ1v) is 8.28. The number of piperazine rings is 1. The molecule has 0 N–H and O–H groups in total. The fraction of sp³-hybridized carbons (Fsp3) is 0.533. The molecule has 0 saturated carbocycles. The molecular formula is C15H21BrN2OS. The first kappa shape index (κ1) is 15.9. The van der Waals surface area contributed by atoms with Crippen LogP contribution in [-0.4, -0.2) is 47.9 Å². The van der Waals surface area contributed by atoms with Crippen LogP contribution >= 0.6 is 28.6 Å². The standard InChI is InChI=1S/C15H21BrN2OS/c1-3-11(2)17-6-8-18(9-7-17)15(19)13-10-12(20)4-5-14(13)16/h4-5,10-11,20H,3,6-9H2,1-2H3. The molecule has 0 bridgehead atoms. The van der Waals surface area contributed by atoms with Crippen molar-refractivity contribution in [3.8, 4) is 0 Å². The smallest absolute Gasteiger partial charge is 0.255 e. The van der Waals surface area contributed by atoms with Gasteiger partial charge in [-0.15, -0.1) is 12.6 Å². The Kier molecular flexibility index (Phi) is 5.52. The number of thiol groups is 1. The van der Waals surface area contributed by atoms with E-state index in [1.54, 1.807) is 0 Å². The average Bonchev–Trinajstić information content (AvgIpc) is 2.48. The lowest BCUT2D eigenvalue weighted by atomic mass is 10.1. The summed E-state index contributed by atoms with van der Waals surface area (Å²) in [4.78, 5) is 17.8. The third-order valence-corrected chi connectivity index (χ3v) is 4.97. The van der Waals surface area contributed by atoms with Crippen molar-refractivity contribution in [1.29, 1.82) is 0 Å². The van der Waals surface area contributed by atoms with Crippen LogP contribution < -0.4 is 0 Å². The number of rotatable bonds is 3. The molecule has 1 amide bonds. The van der Waals surface area contributed by atoms with E-state index in [9.17, 15) is 4.79 Å². The van der Waals surface area contributed by atoms with Crippen LogP contribution in [0.2, 0.25) is 0 Å². The quantitative estimate of drug-likeness (QED) is 0.840. The number of amides is 1. The summed E-state index contributed by atoms with van der Waals surface area (Å²) in [6.45, 7) is 7.96. The highest BCUT2D eigenvalue weighted by Gasteiger charge is 2.25. The Morgan fingerprint density at radius 3 is 2.60 bits per heavy atom. The SMILES string of the molecule is CCC(C)N1CCN(C(=O)c2cc(S)ccc2Br)CC1. The van der Waals surface area contributed by atoms with Crippen molar-refractivity contribution in [2.45, 2.75) is 31.2 Å². The van der Waals surface area contributed by atoms with Gasteiger partial charge in [0.05, 0.1) is 5.56 Å². The van der Waals surface area contributed by atoms with E-state index in [1.165, 1.54) is 0 Å². The molecule has 1 aliphatic rings. The first-order chi connectivity index (χ1) is 9.52. The summed E-state index contributed by atoms with van der Waals surface area (Å²) >= 11 is 7.77. The Morgan fingerprint density at radius 2 is 2.00 bits per heavy atom. The Balaban J connectivity index is 2.03. The molecule has 1 aromatic rings. The molecule has 1 heterocycles. The second-order valence-electron chi connectivity index (χ2n) is 5.25. The summed E-state index contributed by atoms with van der Waals surface area (Å²) in [5.41, 5.74) is 0.703. The first-order valence-electron chi connectivity index (χ1n) is 7.04. The van der Waals surface area contributed by atoms with Crippen LogP contribution in [0.3, 0.4) is 0 Å². The molecule has 0 spiro atoms. The summed E-state index contributed by atoms with van der Waals surface area (Å²) in [7, 11) is 0. The van der Waals surface area contributed by atoms with Crippen LogP contribution in [0.5, 0.6) is 0 Å². The van der Waals surface area contributed by atoms with Crippen molar-refractivity contribution >= 4 is 34.5 Å². The van der Waals surface area contributed by atoms with E-state index >= 15 is 0 Å². The highest BCUT2D eigenvalue weighted by atomic mass is 79.9. The number of carbonyl (C=O) groups excluding carboxylic acids is 1. The van der Waals surface area contributed by atoms with Gasteiger partial charge in [-0.3, -0.25) is 9.69 Å². The van der Waals surface area contributed by atoms with E-state index < -0.39 is 0 Å². The second kappa shape index (κ2) is 6.96. The molecule has 0 aromatic heterocycles. The van der Waals surface area contributed by atoms with Gasteiger partial charge >= 0.3 is 0 Å². The summed E-state index contributed by atoms with van der Waals surface area (Å²) < 4.78 is 0.838. The maximum Gasteiger partial charge on any atom is 0.255 e. The third-order valence-electron chi connectivity index (χ3n) is 4.00. The molecule has 1 aliphatic heterocycles. The summed E-state index contributed by atoms with van der Waals surface area (Å²) in [5.74, 6) is 0.0941. The molecule has 1 saturated heterocycles. The second-order valence-corrected chi connectivity index (χ2v) is 6.62. The fourth-order valence-corrected chi connectivity index (χ4v) is 3.09. The molecule has 20 heavy (non-hydrogen) atoms. The Bertz CT molecular complexity index is 487. The van der Waals surface area contributed by atoms with E-state index in [0.717, 1.165) is 42.0 Å². The highest BCUT2D eigenvalue weighted by molar-refractivity contribution is 9.10. The predicted octanol–water partition coefficient (Wildman–Crippen LogP) is 3.29. The monoisotopic (exact) mass is 356 g/mol. The van der Waals surface area contributed by atoms with Gasteiger partial charge in [0.2, 0.25) is 0 Å². The van der Waals surface area contributed by atoms with Gasteiger partial charge in [0.15, 0.2) is 0 Å². The number of hydrogen-bond donors (Lipinski definition) is 1. The Labute approximate surface area is 134 Å². The van der Waals surface area contributed by atoms with E-state index in [1.807, 2.05) is 23.1 Å². The number of halogens is 1. The van der Waals surface area contributed by atoms with Gasteiger partial charge in [-0.05, 0) is 47.5 Å². The molecule has 0 radical (unpaired) electrons. The van der Waals surface area contributed by atoms with E-state index in [-0.39, 0.29) is 5.91 Å². The number of benzene rings is 1. The van der Waals surface area contributed by atoms with Crippen LogP contribution in [0, 0.1) is 0 Å². The average molecular weight is 357 g/mol. The van der Waals surface area contributed by atoms with Crippen LogP contribution in [0.15, 0.2) is 27.6 Å². The summed E-state index contributed by atoms with van der Waals surface area (Å²) in [5, 5.41) is 0. The molecule has 1 fully saturated rings. The lowest BCUT2D eigenvalue weighted by molar-refractivity contribution is 0.0578. The van der Waals surface area contributed by atoms with Gasteiger partial charge in [-0.1, -0.05) is 6.92 Å². The minimum absolute atomic E-state index is 0.0941. The van der Waals surface area contributed by atoms with Crippen molar-refractivity contribution in [1.82, 2.24) is 9.80 Å². The van der Waals surface area contributed by atoms with Crippen LogP contribution in [0.4, 0.5) is 0 Å². The highest BCUT2D eigenvalue weighted by Crippen LogP contribution is 2.22. The van der Waals surface area contributed by atoms with Crippen molar-refractivity contribution < 1.29 is 4.79 Å². The van der Waals surface area contributed by atoms with Crippen LogP contribution in [0.25, 0.3) is 0 Å². The maximum atomic E-state index is 12.6. The topological polar surface area (TPSA) is 23.6 Å². The zero-order chi connectivity index (χ0) is 14.7. The van der Waals surface area contributed by atoms with Crippen molar-refractivity contribution in [2.24, 2.45) is 0 Å². The largest absolute Gasteiger partial charge is 0.336 e. The third kappa shape index (κ3) is 3.57. The number of carbonyl (C=O) groups is 1. The van der Waals surface area contributed by atoms with Gasteiger partial charge in [-0.25, -0.2) is 0 Å². The number of nitrogens with zero attached hydrogens (tertiary/aromatic N) is 2. The van der Waals surface area contributed by atoms with Crippen molar-refractivity contribution in [3.63, 3.8) is 0 Å². The Hall–Kier alpha value is -0.520. The van der Waals surface area contributed by atoms with Gasteiger partial charge in [0.1, 0.15) is 0 Å². The Morgan fingerprint density at radius 1 is 1.35 bits per heavy atom. The minimum Gasteiger partial charge on any atom is -0.336 e. The number of hydrogen-bond acceptors (Lipinski definition) is 3. The van der Waals surface area contributed by atoms with E-state index in [2.05, 4.69) is 47.3 Å². The van der Waals surface area contributed by atoms with Gasteiger partial charge in [-0.2, -0.15) is 0 Å². The van der Waals surface area contributed by atoms with Crippen molar-refractivity contribution in [3.05, 3.63) is 28.2 Å². The van der Waals surface area contributed by atoms with E-state index in [0.29, 0.717) is 11.6 Å². The van der Waals surface area contributed by atoms with E-state index in [4.69, 9.17) is 0 Å². The van der Waals surface area contributed by atoms with Crippen LogP contribution in [0.1, 0.15) is 30.6 Å². The molecule has 0 aliphatic carbocycles. The zero-order valence-corrected chi connectivity index (χ0v) is 14.5. The molecule has 1 atom stereocenters. The molecular weight excluding hydrogens is 336 g/mol. The van der Waals surface area contributed by atoms with Gasteiger partial charge in [0.25, 0.3) is 5.91 Å². The maximum absolute atomic E-state index is 12.6. The van der Waals surface area contributed by atoms with Crippen molar-refractivity contribution in [2.75, 3.05) is 26.2 Å². The minimum atomic E-state index is 0.0941. The lowest BCUT2D eigenvalue weighted by Crippen LogP contribution is -2.51. The van der Waals surface area contributed by atoms with Gasteiger partial charge < -0.3 is 4.90 Å².